The molecule has 3 atom stereocenters. The van der Waals surface area contributed by atoms with E-state index in [0.717, 1.165) is 88.9 Å². The summed E-state index contributed by atoms with van der Waals surface area (Å²) in [4.78, 5) is 69.6. The fourth-order valence-corrected chi connectivity index (χ4v) is 15.6. The molecule has 9 aromatic heterocycles. The van der Waals surface area contributed by atoms with Crippen LogP contribution in [0.2, 0.25) is 15.5 Å². The molecule has 9 N–H and O–H groups in total. The molecule has 0 unspecified atom stereocenters. The molecular weight excluding hydrogens is 1540 g/mol. The molecule has 9 rings (SSSR count). The minimum atomic E-state index is -0.657. The minimum Gasteiger partial charge on any atom is -0.444 e. The van der Waals surface area contributed by atoms with Crippen LogP contribution in [-0.4, -0.2) is 99.5 Å². The molecule has 0 bridgehead atoms. The number of nitrogens with one attached hydrogen (secondary N) is 5. The van der Waals surface area contributed by atoms with Crippen LogP contribution >= 0.6 is 125 Å². The van der Waals surface area contributed by atoms with Gasteiger partial charge in [0.1, 0.15) is 37.9 Å². The maximum absolute atomic E-state index is 13.3. The fourth-order valence-electron chi connectivity index (χ4n) is 8.72. The number of aryl methyl sites for hydroxylation is 3. The predicted octanol–water partition coefficient (Wildman–Crippen LogP) is 20.0. The monoisotopic (exact) mass is 1630 g/mol. The van der Waals surface area contributed by atoms with Gasteiger partial charge in [-0.15, -0.1) is 68.0 Å². The Labute approximate surface area is 627 Å². The Hall–Kier alpha value is -5.57. The first-order valence-electron chi connectivity index (χ1n) is 31.4. The van der Waals surface area contributed by atoms with E-state index in [1.165, 1.54) is 16.2 Å². The van der Waals surface area contributed by atoms with Crippen molar-refractivity contribution in [2.24, 2.45) is 11.5 Å². The van der Waals surface area contributed by atoms with Crippen molar-refractivity contribution in [1.82, 2.24) is 25.6 Å². The third kappa shape index (κ3) is 25.5. The zero-order valence-corrected chi connectivity index (χ0v) is 67.8. The lowest BCUT2D eigenvalue weighted by Crippen LogP contribution is -2.41. The molecule has 30 heteroatoms. The second-order valence-corrected chi connectivity index (χ2v) is 36.0. The highest BCUT2D eigenvalue weighted by Crippen LogP contribution is 2.44. The Morgan fingerprint density at radius 1 is 0.541 bits per heavy atom. The van der Waals surface area contributed by atoms with E-state index in [0.29, 0.717) is 47.7 Å². The number of fused-ring (bicyclic) bond motifs is 3. The lowest BCUT2D eigenvalue weighted by atomic mass is 10.2. The first-order valence-corrected chi connectivity index (χ1v) is 38.7. The van der Waals surface area contributed by atoms with Crippen LogP contribution in [0.15, 0.2) is 70.7 Å². The van der Waals surface area contributed by atoms with E-state index >= 15 is 0 Å². The van der Waals surface area contributed by atoms with Gasteiger partial charge in [0.05, 0.1) is 73.7 Å². The molecule has 9 aromatic rings. The van der Waals surface area contributed by atoms with Crippen molar-refractivity contribution in [2.75, 3.05) is 45.4 Å². The van der Waals surface area contributed by atoms with Crippen LogP contribution in [-0.2, 0) is 38.6 Å². The summed E-state index contributed by atoms with van der Waals surface area (Å²) in [6.07, 6.45) is -1.73. The number of alkyl carbamates (subject to hydrolysis) is 2. The summed E-state index contributed by atoms with van der Waals surface area (Å²) in [5, 5.41) is 24.9. The zero-order valence-electron chi connectivity index (χ0n) is 58.5. The molecule has 0 aliphatic heterocycles. The minimum absolute atomic E-state index is 0.0418. The smallest absolute Gasteiger partial charge is 0.415 e. The SMILES string of the molecule is C[C@@H](CN)NC(=O)OC(C)(C)C.Cc1c(I)sc2c(N(Cc3cccs3)C(=O)OC(C)(C)C)cc(Cl)nc12.Cc1c(NC[C@H](C)N)sc2c(NCc3cccs3)cc(Cl)nc12.Cc1c(NC[C@H](C)NC(=O)OC(C)(C)C)sc2c(N(Cc3cccs3)C(=O)OC(C)(C)C)cc(Cl)nc12. The normalized spacial score (nSPS) is 12.6. The van der Waals surface area contributed by atoms with Crippen molar-refractivity contribution < 1.29 is 38.1 Å². The van der Waals surface area contributed by atoms with Crippen molar-refractivity contribution in [3.8, 4) is 0 Å². The van der Waals surface area contributed by atoms with Crippen molar-refractivity contribution in [1.29, 1.82) is 0 Å². The Bertz CT molecular complexity index is 4100. The molecule has 0 saturated carbocycles. The average molecular weight is 1630 g/mol. The Morgan fingerprint density at radius 3 is 1.35 bits per heavy atom. The predicted molar refractivity (Wildman–Crippen MR) is 423 cm³/mol. The van der Waals surface area contributed by atoms with Crippen LogP contribution in [0.5, 0.6) is 0 Å². The number of aromatic nitrogens is 3. The molecule has 534 valence electrons. The highest BCUT2D eigenvalue weighted by Gasteiger charge is 2.30. The van der Waals surface area contributed by atoms with Gasteiger partial charge in [-0.05, 0) is 187 Å². The van der Waals surface area contributed by atoms with Gasteiger partial charge >= 0.3 is 24.4 Å². The highest BCUT2D eigenvalue weighted by molar-refractivity contribution is 14.1. The number of amides is 4. The van der Waals surface area contributed by atoms with Crippen molar-refractivity contribution in [2.45, 2.75) is 185 Å². The number of pyridine rings is 3. The summed E-state index contributed by atoms with van der Waals surface area (Å²) in [6.45, 7) is 37.0. The lowest BCUT2D eigenvalue weighted by molar-refractivity contribution is 0.0498. The summed E-state index contributed by atoms with van der Waals surface area (Å²) >= 11 is 30.9. The van der Waals surface area contributed by atoms with Crippen LogP contribution in [0.1, 0.15) is 135 Å². The Balaban J connectivity index is 0.000000219. The third-order valence-electron chi connectivity index (χ3n) is 13.1. The van der Waals surface area contributed by atoms with E-state index in [2.05, 4.69) is 88.6 Å². The number of ether oxygens (including phenoxy) is 4. The van der Waals surface area contributed by atoms with E-state index in [1.807, 2.05) is 159 Å². The number of hydrogen-bond acceptors (Lipinski definition) is 22. The van der Waals surface area contributed by atoms with Gasteiger partial charge in [-0.2, -0.15) is 0 Å². The van der Waals surface area contributed by atoms with Gasteiger partial charge in [0.25, 0.3) is 0 Å². The number of nitrogens with two attached hydrogens (primary N) is 2. The van der Waals surface area contributed by atoms with Gasteiger partial charge in [-0.1, -0.05) is 53.0 Å². The number of hydrogen-bond donors (Lipinski definition) is 7. The highest BCUT2D eigenvalue weighted by atomic mass is 127. The molecule has 0 aliphatic carbocycles. The molecule has 0 fully saturated rings. The van der Waals surface area contributed by atoms with E-state index in [1.54, 1.807) is 78.6 Å². The maximum Gasteiger partial charge on any atom is 0.415 e. The third-order valence-corrected chi connectivity index (χ3v) is 21.4. The number of anilines is 5. The summed E-state index contributed by atoms with van der Waals surface area (Å²) in [5.41, 5.74) is 16.9. The van der Waals surface area contributed by atoms with E-state index in [4.69, 9.17) is 65.2 Å². The summed E-state index contributed by atoms with van der Waals surface area (Å²) in [6, 6.07) is 17.3. The van der Waals surface area contributed by atoms with Gasteiger partial charge in [0, 0.05) is 88.3 Å². The maximum atomic E-state index is 13.3. The number of carbonyl (C=O) groups excluding carboxylic acids is 4. The largest absolute Gasteiger partial charge is 0.444 e. The number of halogens is 4. The molecule has 0 spiro atoms. The molecule has 0 saturated heterocycles. The molecule has 20 nitrogen and oxygen atoms in total. The van der Waals surface area contributed by atoms with E-state index in [-0.39, 0.29) is 23.3 Å². The molecule has 4 amide bonds. The standard InChI is InChI=1S/C26H35ClN4O4S2.C18H18ClIN2O2S2.C16H19ClN4S2.C8H18N2O2/c1-15(29-23(32)34-25(3,4)5)13-28-22-16(2)20-21(37-22)18(12-19(27)30-20)31(14-17-10-9-11-36-17)24(33)35-26(6,7)8;1-10-14-15(26-16(10)20)12(8-13(19)21-14)22(9-11-6-5-7-25-11)17(23)24-18(2,3)4;1-9(18)7-20-16-10(2)14-15(23-16)12(6-13(17)21-14)19-8-11-4-3-5-22-11;1-6(5-9)10-7(11)12-8(2,3)4/h9-12,15,28H,13-14H2,1-8H3,(H,29,32);5-8H,9H2,1-4H3;3-6,9,20H,7-8,18H2,1-2H3,(H,19,21);6H,5,9H2,1-4H3,(H,10,11)/t15-;;9-;6-/m0.00/s1. The second kappa shape index (κ2) is 35.8. The van der Waals surface area contributed by atoms with Crippen LogP contribution in [0.3, 0.4) is 0 Å². The number of carbonyl (C=O) groups is 4. The van der Waals surface area contributed by atoms with Gasteiger partial charge in [0.15, 0.2) is 0 Å². The first kappa shape index (κ1) is 81.4. The van der Waals surface area contributed by atoms with Gasteiger partial charge < -0.3 is 57.0 Å². The van der Waals surface area contributed by atoms with Crippen LogP contribution in [0.25, 0.3) is 30.6 Å². The average Bonchev–Trinajstić information content (AvgIpc) is 1.60. The van der Waals surface area contributed by atoms with E-state index in [9.17, 15) is 19.2 Å². The summed E-state index contributed by atoms with van der Waals surface area (Å²) in [5.74, 6) is 0. The van der Waals surface area contributed by atoms with E-state index < -0.39 is 46.8 Å². The zero-order chi connectivity index (χ0) is 72.8. The second-order valence-electron chi connectivity index (χ2n) is 26.9. The van der Waals surface area contributed by atoms with Gasteiger partial charge in [0.2, 0.25) is 0 Å². The van der Waals surface area contributed by atoms with Crippen molar-refractivity contribution >= 4 is 208 Å². The van der Waals surface area contributed by atoms with Gasteiger partial charge in [-0.25, -0.2) is 34.1 Å². The molecule has 0 radical (unpaired) electrons. The van der Waals surface area contributed by atoms with Gasteiger partial charge in [-0.3, -0.25) is 9.80 Å². The molecule has 9 heterocycles. The van der Waals surface area contributed by atoms with Crippen molar-refractivity contribution in [3.63, 3.8) is 0 Å². The topological polar surface area (TPSA) is 263 Å². The number of nitrogens with zero attached hydrogens (tertiary/aromatic N) is 5. The first-order chi connectivity index (χ1) is 45.7. The molecule has 0 aromatic carbocycles. The molecule has 0 aliphatic rings. The van der Waals surface area contributed by atoms with Crippen molar-refractivity contribution in [3.05, 3.63) is 120 Å². The summed E-state index contributed by atoms with van der Waals surface area (Å²) in [7, 11) is 0. The lowest BCUT2D eigenvalue weighted by Gasteiger charge is -2.27. The number of thiophene rings is 6. The van der Waals surface area contributed by atoms with Crippen LogP contribution in [0.4, 0.5) is 46.2 Å². The van der Waals surface area contributed by atoms with Crippen LogP contribution in [0, 0.1) is 23.7 Å². The fraction of sp³-hybridized carbons (Fsp3) is 0.456. The quantitative estimate of drug-likeness (QED) is 0.0239. The number of rotatable bonds is 18. The van der Waals surface area contributed by atoms with Crippen LogP contribution < -0.4 is 47.9 Å². The Kier molecular flexibility index (Phi) is 29.8. The Morgan fingerprint density at radius 2 is 0.929 bits per heavy atom. The molecule has 98 heavy (non-hydrogen) atoms. The summed E-state index contributed by atoms with van der Waals surface area (Å²) < 4.78 is 25.8. The molecular formula is C68H90Cl3IN12O8S6.